The van der Waals surface area contributed by atoms with Crippen molar-refractivity contribution in [3.63, 3.8) is 0 Å². The molecule has 0 aliphatic heterocycles. The fourth-order valence-electron chi connectivity index (χ4n) is 1.71. The summed E-state index contributed by atoms with van der Waals surface area (Å²) >= 11 is 0. The molecule has 0 aliphatic rings. The Morgan fingerprint density at radius 3 is 2.25 bits per heavy atom. The molecule has 0 saturated heterocycles. The Hall–Kier alpha value is -1.34. The quantitative estimate of drug-likeness (QED) is 0.584. The highest BCUT2D eigenvalue weighted by Crippen LogP contribution is 2.09. The van der Waals surface area contributed by atoms with Crippen molar-refractivity contribution in [2.75, 3.05) is 40.5 Å². The van der Waals surface area contributed by atoms with Gasteiger partial charge in [0.1, 0.15) is 0 Å². The summed E-state index contributed by atoms with van der Waals surface area (Å²) in [5, 5.41) is 11.5. The molecule has 0 aromatic carbocycles. The second kappa shape index (κ2) is 9.55. The minimum Gasteiger partial charge on any atom is -0.481 e. The van der Waals surface area contributed by atoms with Crippen LogP contribution in [-0.4, -0.2) is 68.1 Å². The molecular formula is C13H26N2O5. The number of hydrogen-bond acceptors (Lipinski definition) is 4. The van der Waals surface area contributed by atoms with Gasteiger partial charge in [-0.3, -0.25) is 4.79 Å². The predicted octanol–water partition coefficient (Wildman–Crippen LogP) is 0.934. The molecule has 0 bridgehead atoms. The van der Waals surface area contributed by atoms with Crippen LogP contribution >= 0.6 is 0 Å². The van der Waals surface area contributed by atoms with E-state index in [0.717, 1.165) is 0 Å². The summed E-state index contributed by atoms with van der Waals surface area (Å²) in [6.45, 7) is 5.35. The molecule has 0 rings (SSSR count). The lowest BCUT2D eigenvalue weighted by molar-refractivity contribution is -0.138. The highest BCUT2D eigenvalue weighted by Gasteiger charge is 2.26. The number of urea groups is 1. The Kier molecular flexibility index (Phi) is 8.91. The van der Waals surface area contributed by atoms with Gasteiger partial charge in [0.2, 0.25) is 0 Å². The Morgan fingerprint density at radius 2 is 1.75 bits per heavy atom. The van der Waals surface area contributed by atoms with Gasteiger partial charge in [0.25, 0.3) is 0 Å². The first kappa shape index (κ1) is 18.7. The number of carboxylic acid groups (broad SMARTS) is 1. The van der Waals surface area contributed by atoms with Gasteiger partial charge in [0.05, 0.1) is 13.0 Å². The molecule has 0 aromatic rings. The number of hydrogen-bond donors (Lipinski definition) is 2. The molecule has 0 aliphatic carbocycles. The Morgan fingerprint density at radius 1 is 1.15 bits per heavy atom. The fraction of sp³-hybridized carbons (Fsp3) is 0.846. The van der Waals surface area contributed by atoms with Crippen molar-refractivity contribution >= 4 is 12.0 Å². The topological polar surface area (TPSA) is 88.1 Å². The van der Waals surface area contributed by atoms with Gasteiger partial charge in [-0.2, -0.15) is 0 Å². The highest BCUT2D eigenvalue weighted by atomic mass is 16.5. The first-order valence-electron chi connectivity index (χ1n) is 6.59. The van der Waals surface area contributed by atoms with E-state index in [2.05, 4.69) is 5.32 Å². The van der Waals surface area contributed by atoms with Crippen molar-refractivity contribution in [1.29, 1.82) is 0 Å². The summed E-state index contributed by atoms with van der Waals surface area (Å²) in [7, 11) is 3.18. The second-order valence-electron chi connectivity index (χ2n) is 5.21. The number of nitrogens with zero attached hydrogens (tertiary/aromatic N) is 1. The summed E-state index contributed by atoms with van der Waals surface area (Å²) in [6.07, 6.45) is 0.585. The Balaban J connectivity index is 4.47. The van der Waals surface area contributed by atoms with Gasteiger partial charge in [0.15, 0.2) is 0 Å². The molecule has 0 radical (unpaired) electrons. The minimum absolute atomic E-state index is 0.130. The van der Waals surface area contributed by atoms with Crippen molar-refractivity contribution < 1.29 is 24.2 Å². The lowest BCUT2D eigenvalue weighted by Gasteiger charge is -2.30. The first-order valence-corrected chi connectivity index (χ1v) is 6.59. The molecule has 0 heterocycles. The zero-order valence-electron chi connectivity index (χ0n) is 12.8. The highest BCUT2D eigenvalue weighted by molar-refractivity contribution is 5.76. The molecule has 0 saturated carbocycles. The van der Waals surface area contributed by atoms with E-state index in [4.69, 9.17) is 14.6 Å². The van der Waals surface area contributed by atoms with Crippen LogP contribution in [0.5, 0.6) is 0 Å². The number of carbonyl (C=O) groups excluding carboxylic acids is 1. The molecule has 0 fully saturated rings. The van der Waals surface area contributed by atoms with E-state index in [9.17, 15) is 9.59 Å². The number of carboxylic acids is 1. The summed E-state index contributed by atoms with van der Waals surface area (Å²) < 4.78 is 9.94. The van der Waals surface area contributed by atoms with Gasteiger partial charge in [-0.25, -0.2) is 4.79 Å². The zero-order chi connectivity index (χ0) is 15.6. The molecule has 2 N–H and O–H groups in total. The van der Waals surface area contributed by atoms with E-state index in [-0.39, 0.29) is 12.5 Å². The normalized spacial score (nSPS) is 11.2. The van der Waals surface area contributed by atoms with Gasteiger partial charge in [-0.05, 0) is 20.3 Å². The molecule has 2 amide bonds. The molecule has 0 atom stereocenters. The van der Waals surface area contributed by atoms with Crippen LogP contribution in [-0.2, 0) is 14.3 Å². The molecule has 0 aromatic heterocycles. The number of ether oxygens (including phenoxy) is 2. The van der Waals surface area contributed by atoms with E-state index >= 15 is 0 Å². The molecular weight excluding hydrogens is 264 g/mol. The van der Waals surface area contributed by atoms with Gasteiger partial charge >= 0.3 is 12.0 Å². The fourth-order valence-corrected chi connectivity index (χ4v) is 1.71. The number of methoxy groups -OCH3 is 2. The van der Waals surface area contributed by atoms with Crippen LogP contribution in [0, 0.1) is 0 Å². The molecule has 118 valence electrons. The Bertz CT molecular complexity index is 307. The number of nitrogens with one attached hydrogen (secondary N) is 1. The predicted molar refractivity (Wildman–Crippen MR) is 74.8 cm³/mol. The van der Waals surface area contributed by atoms with E-state index in [1.165, 1.54) is 0 Å². The van der Waals surface area contributed by atoms with Gasteiger partial charge in [-0.15, -0.1) is 0 Å². The summed E-state index contributed by atoms with van der Waals surface area (Å²) in [5.41, 5.74) is -0.796. The van der Waals surface area contributed by atoms with E-state index < -0.39 is 11.5 Å². The number of aliphatic carboxylic acids is 1. The van der Waals surface area contributed by atoms with Crippen molar-refractivity contribution in [2.24, 2.45) is 0 Å². The van der Waals surface area contributed by atoms with Crippen molar-refractivity contribution in [3.8, 4) is 0 Å². The Labute approximate surface area is 120 Å². The third kappa shape index (κ3) is 8.71. The summed E-state index contributed by atoms with van der Waals surface area (Å²) in [6, 6.07) is -0.288. The van der Waals surface area contributed by atoms with Crippen LogP contribution in [0.2, 0.25) is 0 Å². The van der Waals surface area contributed by atoms with Crippen molar-refractivity contribution in [1.82, 2.24) is 10.2 Å². The summed E-state index contributed by atoms with van der Waals surface area (Å²) in [4.78, 5) is 24.5. The lowest BCUT2D eigenvalue weighted by Crippen LogP contribution is -2.52. The van der Waals surface area contributed by atoms with Crippen LogP contribution in [0.15, 0.2) is 0 Å². The molecule has 7 heteroatoms. The van der Waals surface area contributed by atoms with Gasteiger partial charge < -0.3 is 24.8 Å². The largest absolute Gasteiger partial charge is 0.481 e. The second-order valence-corrected chi connectivity index (χ2v) is 5.21. The van der Waals surface area contributed by atoms with E-state index in [1.54, 1.807) is 33.0 Å². The molecule has 20 heavy (non-hydrogen) atoms. The third-order valence-corrected chi connectivity index (χ3v) is 2.67. The lowest BCUT2D eigenvalue weighted by atomic mass is 10.0. The minimum atomic E-state index is -0.946. The number of amides is 2. The van der Waals surface area contributed by atoms with E-state index in [1.807, 2.05) is 0 Å². The van der Waals surface area contributed by atoms with Crippen molar-refractivity contribution in [3.05, 3.63) is 0 Å². The zero-order valence-corrected chi connectivity index (χ0v) is 12.8. The first-order chi connectivity index (χ1) is 9.32. The molecule has 0 spiro atoms. The third-order valence-electron chi connectivity index (χ3n) is 2.67. The van der Waals surface area contributed by atoms with E-state index in [0.29, 0.717) is 32.7 Å². The maximum Gasteiger partial charge on any atom is 0.317 e. The van der Waals surface area contributed by atoms with Crippen LogP contribution in [0.25, 0.3) is 0 Å². The van der Waals surface area contributed by atoms with Crippen LogP contribution < -0.4 is 5.32 Å². The van der Waals surface area contributed by atoms with Crippen LogP contribution in [0.3, 0.4) is 0 Å². The molecule has 7 nitrogen and oxygen atoms in total. The SMILES string of the molecule is COCCCN(CCOC)C(=O)NC(C)(C)CC(=O)O. The average molecular weight is 290 g/mol. The standard InChI is InChI=1S/C13H26N2O5/c1-13(2,10-11(16)17)14-12(18)15(7-9-20-4)6-5-8-19-3/h5-10H2,1-4H3,(H,14,18)(H,16,17). The maximum absolute atomic E-state index is 12.2. The number of rotatable bonds is 10. The van der Waals surface area contributed by atoms with Crippen LogP contribution in [0.4, 0.5) is 4.79 Å². The monoisotopic (exact) mass is 290 g/mol. The summed E-state index contributed by atoms with van der Waals surface area (Å²) in [5.74, 6) is -0.946. The van der Waals surface area contributed by atoms with Gasteiger partial charge in [-0.1, -0.05) is 0 Å². The smallest absolute Gasteiger partial charge is 0.317 e. The van der Waals surface area contributed by atoms with Crippen LogP contribution in [0.1, 0.15) is 26.7 Å². The number of carbonyl (C=O) groups is 2. The van der Waals surface area contributed by atoms with Crippen molar-refractivity contribution in [2.45, 2.75) is 32.2 Å². The molecule has 0 unspecified atom stereocenters. The average Bonchev–Trinajstić information content (AvgIpc) is 2.30. The maximum atomic E-state index is 12.2. The van der Waals surface area contributed by atoms with Gasteiger partial charge in [0, 0.05) is 39.5 Å².